The summed E-state index contributed by atoms with van der Waals surface area (Å²) in [6, 6.07) is 8.70. The van der Waals surface area contributed by atoms with Crippen LogP contribution in [0.2, 0.25) is 0 Å². The lowest BCUT2D eigenvalue weighted by Crippen LogP contribution is -2.55. The number of carbonyl (C=O) groups excluding carboxylic acids is 1. The summed E-state index contributed by atoms with van der Waals surface area (Å²) in [5.74, 6) is 1.05. The molecule has 7 nitrogen and oxygen atoms in total. The molecule has 3 rings (SSSR count). The van der Waals surface area contributed by atoms with Crippen molar-refractivity contribution in [2.75, 3.05) is 53.4 Å². The smallest absolute Gasteiger partial charge is 0.251 e. The summed E-state index contributed by atoms with van der Waals surface area (Å²) in [6.07, 6.45) is 1.62. The first-order valence-electron chi connectivity index (χ1n) is 10.7. The molecule has 0 radical (unpaired) electrons. The Morgan fingerprint density at radius 2 is 1.97 bits per heavy atom. The molecule has 1 aromatic rings. The van der Waals surface area contributed by atoms with E-state index in [1.54, 1.807) is 0 Å². The second-order valence-corrected chi connectivity index (χ2v) is 7.87. The van der Waals surface area contributed by atoms with Crippen molar-refractivity contribution in [3.8, 4) is 0 Å². The fourth-order valence-corrected chi connectivity index (χ4v) is 3.89. The van der Waals surface area contributed by atoms with E-state index in [1.165, 1.54) is 11.1 Å². The lowest BCUT2D eigenvalue weighted by atomic mass is 10.1. The molecule has 1 amide bonds. The molecular weight excluding hydrogens is 366 g/mol. The standard InChI is InChI=1S/C22H35N5O2/c1-4-25(3)17-19-8-5-7-18(15-19)16-24-22(23-2)27-12-10-26(11-13-27)21(28)20-9-6-14-29-20/h5,7-8,15,20H,4,6,9-14,16-17H2,1-3H3,(H,23,24). The fraction of sp³-hybridized carbons (Fsp3) is 0.636. The number of ether oxygens (including phenoxy) is 1. The van der Waals surface area contributed by atoms with Crippen LogP contribution in [-0.4, -0.2) is 86.1 Å². The lowest BCUT2D eigenvalue weighted by Gasteiger charge is -2.37. The molecule has 0 bridgehead atoms. The SMILES string of the molecule is CCN(C)Cc1cccc(CNC(=NC)N2CCN(C(=O)C3CCCO3)CC2)c1. The van der Waals surface area contributed by atoms with E-state index >= 15 is 0 Å². The van der Waals surface area contributed by atoms with Gasteiger partial charge in [-0.25, -0.2) is 0 Å². The third-order valence-corrected chi connectivity index (χ3v) is 5.74. The van der Waals surface area contributed by atoms with E-state index < -0.39 is 0 Å². The summed E-state index contributed by atoms with van der Waals surface area (Å²) in [6.45, 7) is 8.64. The Morgan fingerprint density at radius 3 is 2.62 bits per heavy atom. The largest absolute Gasteiger partial charge is 0.368 e. The molecule has 2 heterocycles. The van der Waals surface area contributed by atoms with Crippen LogP contribution in [0.15, 0.2) is 29.3 Å². The molecule has 1 aromatic carbocycles. The van der Waals surface area contributed by atoms with Gasteiger partial charge in [0.15, 0.2) is 5.96 Å². The number of piperazine rings is 1. The van der Waals surface area contributed by atoms with Gasteiger partial charge in [0.25, 0.3) is 5.91 Å². The molecule has 0 aliphatic carbocycles. The third-order valence-electron chi connectivity index (χ3n) is 5.74. The van der Waals surface area contributed by atoms with Gasteiger partial charge in [0, 0.05) is 52.9 Å². The average molecular weight is 402 g/mol. The molecule has 0 aromatic heterocycles. The summed E-state index contributed by atoms with van der Waals surface area (Å²) in [5, 5.41) is 3.48. The molecule has 1 N–H and O–H groups in total. The number of nitrogens with zero attached hydrogens (tertiary/aromatic N) is 4. The molecule has 160 valence electrons. The van der Waals surface area contributed by atoms with E-state index in [0.717, 1.165) is 64.6 Å². The highest BCUT2D eigenvalue weighted by atomic mass is 16.5. The second-order valence-electron chi connectivity index (χ2n) is 7.87. The number of nitrogens with one attached hydrogen (secondary N) is 1. The van der Waals surface area contributed by atoms with Gasteiger partial charge in [-0.1, -0.05) is 31.2 Å². The predicted molar refractivity (Wildman–Crippen MR) is 116 cm³/mol. The first-order valence-corrected chi connectivity index (χ1v) is 10.7. The fourth-order valence-electron chi connectivity index (χ4n) is 3.89. The minimum absolute atomic E-state index is 0.152. The highest BCUT2D eigenvalue weighted by Gasteiger charge is 2.30. The Balaban J connectivity index is 1.48. The van der Waals surface area contributed by atoms with Gasteiger partial charge in [0.1, 0.15) is 6.10 Å². The van der Waals surface area contributed by atoms with Crippen LogP contribution in [0.1, 0.15) is 30.9 Å². The number of benzene rings is 1. The summed E-state index contributed by atoms with van der Waals surface area (Å²) >= 11 is 0. The Labute approximate surface area is 174 Å². The lowest BCUT2D eigenvalue weighted by molar-refractivity contribution is -0.142. The van der Waals surface area contributed by atoms with E-state index in [1.807, 2.05) is 11.9 Å². The minimum Gasteiger partial charge on any atom is -0.368 e. The van der Waals surface area contributed by atoms with Crippen molar-refractivity contribution < 1.29 is 9.53 Å². The molecule has 2 saturated heterocycles. The van der Waals surface area contributed by atoms with Gasteiger partial charge in [-0.05, 0) is 37.6 Å². The first kappa shape index (κ1) is 21.6. The molecule has 0 saturated carbocycles. The molecule has 0 spiro atoms. The number of aliphatic imine (C=N–C) groups is 1. The zero-order valence-corrected chi connectivity index (χ0v) is 18.1. The Morgan fingerprint density at radius 1 is 1.24 bits per heavy atom. The van der Waals surface area contributed by atoms with Crippen LogP contribution < -0.4 is 5.32 Å². The van der Waals surface area contributed by atoms with Crippen molar-refractivity contribution in [1.29, 1.82) is 0 Å². The van der Waals surface area contributed by atoms with Crippen molar-refractivity contribution in [2.45, 2.75) is 39.0 Å². The zero-order chi connectivity index (χ0) is 20.6. The molecule has 29 heavy (non-hydrogen) atoms. The predicted octanol–water partition coefficient (Wildman–Crippen LogP) is 1.54. The number of amides is 1. The highest BCUT2D eigenvalue weighted by Crippen LogP contribution is 2.16. The van der Waals surface area contributed by atoms with Crippen LogP contribution in [0.3, 0.4) is 0 Å². The molecule has 2 aliphatic heterocycles. The van der Waals surface area contributed by atoms with E-state index in [-0.39, 0.29) is 12.0 Å². The molecular formula is C22H35N5O2. The number of carbonyl (C=O) groups is 1. The Hall–Kier alpha value is -2.12. The minimum atomic E-state index is -0.224. The molecule has 1 atom stereocenters. The Kier molecular flexibility index (Phi) is 7.89. The van der Waals surface area contributed by atoms with E-state index in [0.29, 0.717) is 6.61 Å². The van der Waals surface area contributed by atoms with Crippen LogP contribution in [0.25, 0.3) is 0 Å². The van der Waals surface area contributed by atoms with Gasteiger partial charge in [-0.15, -0.1) is 0 Å². The zero-order valence-electron chi connectivity index (χ0n) is 18.1. The first-order chi connectivity index (χ1) is 14.1. The van der Waals surface area contributed by atoms with Crippen molar-refractivity contribution in [2.24, 2.45) is 4.99 Å². The van der Waals surface area contributed by atoms with Gasteiger partial charge in [-0.3, -0.25) is 9.79 Å². The van der Waals surface area contributed by atoms with Crippen LogP contribution >= 0.6 is 0 Å². The van der Waals surface area contributed by atoms with Crippen LogP contribution in [0.4, 0.5) is 0 Å². The summed E-state index contributed by atoms with van der Waals surface area (Å²) < 4.78 is 5.55. The average Bonchev–Trinajstić information content (AvgIpc) is 3.29. The molecule has 1 unspecified atom stereocenters. The van der Waals surface area contributed by atoms with Crippen LogP contribution in [-0.2, 0) is 22.6 Å². The van der Waals surface area contributed by atoms with Gasteiger partial charge in [-0.2, -0.15) is 0 Å². The molecule has 7 heteroatoms. The maximum atomic E-state index is 12.5. The van der Waals surface area contributed by atoms with Gasteiger partial charge in [0.2, 0.25) is 0 Å². The van der Waals surface area contributed by atoms with Crippen molar-refractivity contribution in [3.05, 3.63) is 35.4 Å². The number of guanidine groups is 1. The molecule has 2 fully saturated rings. The summed E-state index contributed by atoms with van der Waals surface area (Å²) in [4.78, 5) is 23.4. The monoisotopic (exact) mass is 401 g/mol. The number of rotatable bonds is 6. The number of hydrogen-bond acceptors (Lipinski definition) is 4. The maximum absolute atomic E-state index is 12.5. The van der Waals surface area contributed by atoms with Gasteiger partial charge in [0.05, 0.1) is 0 Å². The Bertz CT molecular complexity index is 694. The quantitative estimate of drug-likeness (QED) is 0.579. The highest BCUT2D eigenvalue weighted by molar-refractivity contribution is 5.82. The van der Waals surface area contributed by atoms with Crippen molar-refractivity contribution >= 4 is 11.9 Å². The van der Waals surface area contributed by atoms with Crippen LogP contribution in [0, 0.1) is 0 Å². The topological polar surface area (TPSA) is 60.4 Å². The normalized spacial score (nSPS) is 20.4. The summed E-state index contributed by atoms with van der Waals surface area (Å²) in [7, 11) is 3.95. The van der Waals surface area contributed by atoms with Crippen molar-refractivity contribution in [3.63, 3.8) is 0 Å². The third kappa shape index (κ3) is 5.93. The van der Waals surface area contributed by atoms with E-state index in [4.69, 9.17) is 4.74 Å². The van der Waals surface area contributed by atoms with Gasteiger partial charge < -0.3 is 24.8 Å². The van der Waals surface area contributed by atoms with Crippen molar-refractivity contribution in [1.82, 2.24) is 20.0 Å². The molecule has 2 aliphatic rings. The van der Waals surface area contributed by atoms with E-state index in [2.05, 4.69) is 58.3 Å². The summed E-state index contributed by atoms with van der Waals surface area (Å²) in [5.41, 5.74) is 2.57. The van der Waals surface area contributed by atoms with E-state index in [9.17, 15) is 4.79 Å². The van der Waals surface area contributed by atoms with Crippen LogP contribution in [0.5, 0.6) is 0 Å². The number of hydrogen-bond donors (Lipinski definition) is 1. The second kappa shape index (κ2) is 10.6. The van der Waals surface area contributed by atoms with Gasteiger partial charge >= 0.3 is 0 Å². The maximum Gasteiger partial charge on any atom is 0.251 e.